The van der Waals surface area contributed by atoms with Gasteiger partial charge < -0.3 is 14.4 Å². The summed E-state index contributed by atoms with van der Waals surface area (Å²) in [6.07, 6.45) is -2.55. The minimum atomic E-state index is -4.29. The van der Waals surface area contributed by atoms with Crippen LogP contribution in [0, 0.1) is 5.82 Å². The molecule has 1 aromatic carbocycles. The molecule has 33 heavy (non-hydrogen) atoms. The van der Waals surface area contributed by atoms with Crippen molar-refractivity contribution in [2.45, 2.75) is 44.1 Å². The molecule has 0 bridgehead atoms. The summed E-state index contributed by atoms with van der Waals surface area (Å²) < 4.78 is 77.1. The van der Waals surface area contributed by atoms with Crippen LogP contribution in [0.25, 0.3) is 0 Å². The fourth-order valence-electron chi connectivity index (χ4n) is 3.51. The maximum absolute atomic E-state index is 14.3. The molecule has 0 fully saturated rings. The third-order valence-electron chi connectivity index (χ3n) is 4.99. The molecule has 2 aromatic rings. The number of carbonyl (C=O) groups is 1. The van der Waals surface area contributed by atoms with Crippen molar-refractivity contribution in [1.82, 2.24) is 9.88 Å². The number of methoxy groups -OCH3 is 1. The molecule has 1 N–H and O–H groups in total. The van der Waals surface area contributed by atoms with Gasteiger partial charge in [-0.3, -0.25) is 9.52 Å². The van der Waals surface area contributed by atoms with Crippen LogP contribution in [0.4, 0.5) is 18.9 Å². The molecule has 2 heterocycles. The smallest absolute Gasteiger partial charge is 0.272 e. The lowest BCUT2D eigenvalue weighted by molar-refractivity contribution is 0.0560. The summed E-state index contributed by atoms with van der Waals surface area (Å²) in [6.45, 7) is 4.91. The number of hydrogen-bond donors (Lipinski definition) is 1. The van der Waals surface area contributed by atoms with Gasteiger partial charge in [-0.15, -0.1) is 0 Å². The molecule has 3 rings (SSSR count). The number of benzene rings is 1. The molecule has 0 atom stereocenters. The van der Waals surface area contributed by atoms with Crippen molar-refractivity contribution < 1.29 is 35.9 Å². The fraction of sp³-hybridized carbons (Fsp3) is 0.429. The molecule has 0 saturated heterocycles. The molecule has 1 amide bonds. The third kappa shape index (κ3) is 5.15. The minimum absolute atomic E-state index is 0.137. The van der Waals surface area contributed by atoms with Gasteiger partial charge in [-0.1, -0.05) is 6.07 Å². The van der Waals surface area contributed by atoms with Gasteiger partial charge in [0.05, 0.1) is 12.0 Å². The summed E-state index contributed by atoms with van der Waals surface area (Å²) in [5.41, 5.74) is -0.173. The van der Waals surface area contributed by atoms with Gasteiger partial charge in [0.2, 0.25) is 5.88 Å². The summed E-state index contributed by atoms with van der Waals surface area (Å²) in [5, 5.41) is 0. The number of nitrogens with one attached hydrogen (secondary N) is 1. The van der Waals surface area contributed by atoms with Gasteiger partial charge in [0.25, 0.3) is 28.2 Å². The molecule has 8 nitrogen and oxygen atoms in total. The zero-order valence-electron chi connectivity index (χ0n) is 18.5. The highest BCUT2D eigenvalue weighted by Crippen LogP contribution is 2.33. The van der Waals surface area contributed by atoms with E-state index in [9.17, 15) is 26.4 Å². The summed E-state index contributed by atoms with van der Waals surface area (Å²) in [5.74, 6) is -2.56. The lowest BCUT2D eigenvalue weighted by atomic mass is 9.94. The van der Waals surface area contributed by atoms with E-state index in [1.54, 1.807) is 11.0 Å². The van der Waals surface area contributed by atoms with E-state index in [1.165, 1.54) is 12.1 Å². The minimum Gasteiger partial charge on any atom is -0.479 e. The quantitative estimate of drug-likeness (QED) is 0.642. The van der Waals surface area contributed by atoms with Crippen molar-refractivity contribution in [1.29, 1.82) is 0 Å². The fourth-order valence-corrected chi connectivity index (χ4v) is 4.85. The largest absolute Gasteiger partial charge is 0.479 e. The zero-order valence-corrected chi connectivity index (χ0v) is 19.3. The van der Waals surface area contributed by atoms with Crippen LogP contribution in [0.1, 0.15) is 36.7 Å². The number of ether oxygens (including phenoxy) is 2. The van der Waals surface area contributed by atoms with E-state index in [4.69, 9.17) is 4.74 Å². The number of amides is 1. The van der Waals surface area contributed by atoms with E-state index >= 15 is 0 Å². The first-order valence-electron chi connectivity index (χ1n) is 9.97. The van der Waals surface area contributed by atoms with E-state index in [2.05, 4.69) is 14.4 Å². The number of alkyl halides is 2. The number of rotatable bonds is 7. The van der Waals surface area contributed by atoms with E-state index < -0.39 is 40.3 Å². The average molecular weight is 488 g/mol. The standard InChI is InChI=1S/C21H24F3N3O5S/c1-21(2,3)27-9-8-12-13(20(27)28)6-5-7-16(12)33(29,30)26-15-10-14(22)18(25-19(15)31-4)32-11-17(23)24/h5-7,10,17,26H,8-9,11H2,1-4H3. The van der Waals surface area contributed by atoms with Crippen LogP contribution in [0.3, 0.4) is 0 Å². The van der Waals surface area contributed by atoms with Crippen LogP contribution < -0.4 is 14.2 Å². The van der Waals surface area contributed by atoms with Crippen LogP contribution in [0.2, 0.25) is 0 Å². The number of fused-ring (bicyclic) bond motifs is 1. The number of halogens is 3. The predicted octanol–water partition coefficient (Wildman–Crippen LogP) is 3.47. The van der Waals surface area contributed by atoms with Crippen molar-refractivity contribution in [2.24, 2.45) is 0 Å². The van der Waals surface area contributed by atoms with Crippen molar-refractivity contribution in [3.63, 3.8) is 0 Å². The molecular formula is C21H24F3N3O5S. The Morgan fingerprint density at radius 1 is 1.24 bits per heavy atom. The Morgan fingerprint density at radius 2 is 1.94 bits per heavy atom. The second-order valence-electron chi connectivity index (χ2n) is 8.30. The first-order chi connectivity index (χ1) is 15.3. The summed E-state index contributed by atoms with van der Waals surface area (Å²) in [6, 6.07) is 5.09. The van der Waals surface area contributed by atoms with E-state index in [0.717, 1.165) is 13.2 Å². The first kappa shape index (κ1) is 24.6. The number of anilines is 1. The van der Waals surface area contributed by atoms with Crippen molar-refractivity contribution in [2.75, 3.05) is 25.0 Å². The van der Waals surface area contributed by atoms with Gasteiger partial charge in [-0.2, -0.15) is 4.98 Å². The Kier molecular flexibility index (Phi) is 6.78. The van der Waals surface area contributed by atoms with Crippen LogP contribution in [-0.4, -0.2) is 56.4 Å². The summed E-state index contributed by atoms with van der Waals surface area (Å²) >= 11 is 0. The summed E-state index contributed by atoms with van der Waals surface area (Å²) in [7, 11) is -3.14. The van der Waals surface area contributed by atoms with Crippen molar-refractivity contribution >= 4 is 21.6 Å². The second kappa shape index (κ2) is 9.08. The first-order valence-corrected chi connectivity index (χ1v) is 11.5. The molecule has 180 valence electrons. The normalized spacial score (nSPS) is 14.3. The molecule has 0 unspecified atom stereocenters. The monoisotopic (exact) mass is 487 g/mol. The SMILES string of the molecule is COc1nc(OCC(F)F)c(F)cc1NS(=O)(=O)c1cccc2c1CCN(C(C)(C)C)C2=O. The number of pyridine rings is 1. The Hall–Kier alpha value is -3.02. The number of hydrogen-bond acceptors (Lipinski definition) is 6. The zero-order chi connectivity index (χ0) is 24.6. The van der Waals surface area contributed by atoms with Crippen molar-refractivity contribution in [3.05, 3.63) is 41.2 Å². The third-order valence-corrected chi connectivity index (χ3v) is 6.44. The number of sulfonamides is 1. The van der Waals surface area contributed by atoms with Gasteiger partial charge in [-0.05, 0) is 44.9 Å². The summed E-state index contributed by atoms with van der Waals surface area (Å²) in [4.78, 5) is 18.1. The molecular weight excluding hydrogens is 463 g/mol. The number of aromatic nitrogens is 1. The predicted molar refractivity (Wildman–Crippen MR) is 114 cm³/mol. The molecule has 0 spiro atoms. The molecule has 1 aliphatic heterocycles. The highest BCUT2D eigenvalue weighted by Gasteiger charge is 2.35. The lowest BCUT2D eigenvalue weighted by Crippen LogP contribution is -2.49. The topological polar surface area (TPSA) is 97.8 Å². The Bertz CT molecular complexity index is 1170. The molecule has 0 aliphatic carbocycles. The van der Waals surface area contributed by atoms with Crippen LogP contribution in [0.15, 0.2) is 29.2 Å². The maximum Gasteiger partial charge on any atom is 0.272 e. The van der Waals surface area contributed by atoms with Gasteiger partial charge >= 0.3 is 0 Å². The number of carbonyl (C=O) groups excluding carboxylic acids is 1. The highest BCUT2D eigenvalue weighted by molar-refractivity contribution is 7.92. The van der Waals surface area contributed by atoms with Crippen molar-refractivity contribution in [3.8, 4) is 11.8 Å². The Labute approximate surface area is 189 Å². The lowest BCUT2D eigenvalue weighted by Gasteiger charge is -2.39. The van der Waals surface area contributed by atoms with Gasteiger partial charge in [0.1, 0.15) is 5.69 Å². The van der Waals surface area contributed by atoms with Gasteiger partial charge in [-0.25, -0.2) is 21.6 Å². The maximum atomic E-state index is 14.3. The second-order valence-corrected chi connectivity index (χ2v) is 9.95. The van der Waals surface area contributed by atoms with E-state index in [0.29, 0.717) is 18.5 Å². The molecule has 0 saturated carbocycles. The van der Waals surface area contributed by atoms with Crippen LogP contribution in [0.5, 0.6) is 11.8 Å². The molecule has 1 aliphatic rings. The average Bonchev–Trinajstić information content (AvgIpc) is 2.71. The number of nitrogens with zero attached hydrogens (tertiary/aromatic N) is 2. The van der Waals surface area contributed by atoms with Crippen LogP contribution in [-0.2, 0) is 16.4 Å². The van der Waals surface area contributed by atoms with E-state index in [-0.39, 0.29) is 27.9 Å². The van der Waals surface area contributed by atoms with Crippen LogP contribution >= 0.6 is 0 Å². The Morgan fingerprint density at radius 3 is 2.55 bits per heavy atom. The van der Waals surface area contributed by atoms with Gasteiger partial charge in [0.15, 0.2) is 12.4 Å². The Balaban J connectivity index is 1.96. The molecule has 1 aromatic heterocycles. The van der Waals surface area contributed by atoms with E-state index in [1.807, 2.05) is 20.8 Å². The highest BCUT2D eigenvalue weighted by atomic mass is 32.2. The van der Waals surface area contributed by atoms with Gasteiger partial charge in [0, 0.05) is 23.7 Å². The molecule has 0 radical (unpaired) electrons. The molecule has 12 heteroatoms.